The highest BCUT2D eigenvalue weighted by molar-refractivity contribution is 5.76. The summed E-state index contributed by atoms with van der Waals surface area (Å²) in [5.74, 6) is 0.920. The van der Waals surface area contributed by atoms with Crippen molar-refractivity contribution in [3.63, 3.8) is 0 Å². The first-order chi connectivity index (χ1) is 10.8. The average Bonchev–Trinajstić information content (AvgIpc) is 2.58. The minimum atomic E-state index is 0.0806. The summed E-state index contributed by atoms with van der Waals surface area (Å²) in [5.41, 5.74) is 2.27. The lowest BCUT2D eigenvalue weighted by Gasteiger charge is -2.08. The topological polar surface area (TPSA) is 51.2 Å². The van der Waals surface area contributed by atoms with E-state index in [0.717, 1.165) is 24.2 Å². The second-order valence-corrected chi connectivity index (χ2v) is 5.13. The zero-order chi connectivity index (χ0) is 15.6. The van der Waals surface area contributed by atoms with Crippen LogP contribution in [0.1, 0.15) is 24.0 Å². The van der Waals surface area contributed by atoms with Crippen LogP contribution in [0.5, 0.6) is 5.75 Å². The van der Waals surface area contributed by atoms with E-state index in [-0.39, 0.29) is 5.91 Å². The molecule has 4 nitrogen and oxygen atoms in total. The Morgan fingerprint density at radius 3 is 2.82 bits per heavy atom. The van der Waals surface area contributed by atoms with E-state index in [1.807, 2.05) is 36.5 Å². The molecule has 0 spiro atoms. The van der Waals surface area contributed by atoms with Gasteiger partial charge in [0.2, 0.25) is 5.91 Å². The van der Waals surface area contributed by atoms with Crippen LogP contribution in [-0.2, 0) is 17.6 Å². The molecule has 4 heteroatoms. The van der Waals surface area contributed by atoms with Crippen LogP contribution in [0.25, 0.3) is 0 Å². The molecule has 1 aromatic carbocycles. The van der Waals surface area contributed by atoms with Gasteiger partial charge in [0, 0.05) is 25.4 Å². The molecule has 0 radical (unpaired) electrons. The molecule has 0 saturated carbocycles. The Balaban J connectivity index is 1.66. The molecular weight excluding hydrogens is 276 g/mol. The number of rotatable bonds is 8. The smallest absolute Gasteiger partial charge is 0.220 e. The number of methoxy groups -OCH3 is 1. The first-order valence-electron chi connectivity index (χ1n) is 7.57. The number of carbonyl (C=O) groups is 1. The van der Waals surface area contributed by atoms with E-state index >= 15 is 0 Å². The molecule has 0 atom stereocenters. The van der Waals surface area contributed by atoms with Crippen molar-refractivity contribution in [2.75, 3.05) is 13.7 Å². The van der Waals surface area contributed by atoms with E-state index in [1.165, 1.54) is 5.56 Å². The van der Waals surface area contributed by atoms with Gasteiger partial charge in [-0.1, -0.05) is 24.3 Å². The van der Waals surface area contributed by atoms with Gasteiger partial charge in [-0.2, -0.15) is 0 Å². The van der Waals surface area contributed by atoms with Crippen LogP contribution in [0.4, 0.5) is 0 Å². The Morgan fingerprint density at radius 2 is 2.05 bits per heavy atom. The van der Waals surface area contributed by atoms with Gasteiger partial charge in [-0.3, -0.25) is 9.78 Å². The van der Waals surface area contributed by atoms with Crippen LogP contribution in [0.15, 0.2) is 48.8 Å². The third kappa shape index (κ3) is 5.20. The molecule has 0 aliphatic carbocycles. The summed E-state index contributed by atoms with van der Waals surface area (Å²) < 4.78 is 5.29. The van der Waals surface area contributed by atoms with Crippen molar-refractivity contribution in [3.05, 3.63) is 59.9 Å². The van der Waals surface area contributed by atoms with Gasteiger partial charge in [0.25, 0.3) is 0 Å². The van der Waals surface area contributed by atoms with E-state index in [9.17, 15) is 4.79 Å². The fourth-order valence-corrected chi connectivity index (χ4v) is 2.31. The molecule has 0 saturated heterocycles. The molecule has 2 rings (SSSR count). The molecule has 1 aromatic heterocycles. The van der Waals surface area contributed by atoms with Crippen molar-refractivity contribution in [3.8, 4) is 5.75 Å². The van der Waals surface area contributed by atoms with Crippen LogP contribution >= 0.6 is 0 Å². The maximum atomic E-state index is 11.9. The summed E-state index contributed by atoms with van der Waals surface area (Å²) in [6.07, 6.45) is 6.66. The number of nitrogens with zero attached hydrogens (tertiary/aromatic N) is 1. The molecule has 0 unspecified atom stereocenters. The first-order valence-corrected chi connectivity index (χ1v) is 7.57. The number of amides is 1. The summed E-state index contributed by atoms with van der Waals surface area (Å²) in [5, 5.41) is 2.96. The summed E-state index contributed by atoms with van der Waals surface area (Å²) in [6, 6.07) is 11.8. The third-order valence-electron chi connectivity index (χ3n) is 3.50. The van der Waals surface area contributed by atoms with Crippen molar-refractivity contribution >= 4 is 5.91 Å². The van der Waals surface area contributed by atoms with Crippen LogP contribution < -0.4 is 10.1 Å². The van der Waals surface area contributed by atoms with Crippen LogP contribution in [0.2, 0.25) is 0 Å². The second kappa shape index (κ2) is 8.82. The number of pyridine rings is 1. The Hall–Kier alpha value is -2.36. The number of benzene rings is 1. The van der Waals surface area contributed by atoms with Gasteiger partial charge in [0.05, 0.1) is 7.11 Å². The number of aryl methyl sites for hydroxylation is 2. The lowest BCUT2D eigenvalue weighted by atomic mass is 10.1. The van der Waals surface area contributed by atoms with Gasteiger partial charge in [-0.25, -0.2) is 0 Å². The maximum Gasteiger partial charge on any atom is 0.220 e. The largest absolute Gasteiger partial charge is 0.496 e. The molecule has 116 valence electrons. The lowest BCUT2D eigenvalue weighted by Crippen LogP contribution is -2.25. The third-order valence-corrected chi connectivity index (χ3v) is 3.50. The lowest BCUT2D eigenvalue weighted by molar-refractivity contribution is -0.121. The first kappa shape index (κ1) is 16.0. The number of hydrogen-bond donors (Lipinski definition) is 1. The van der Waals surface area contributed by atoms with Gasteiger partial charge in [0.15, 0.2) is 0 Å². The molecule has 0 aliphatic rings. The van der Waals surface area contributed by atoms with E-state index in [4.69, 9.17) is 4.74 Å². The number of carbonyl (C=O) groups excluding carboxylic acids is 1. The quantitative estimate of drug-likeness (QED) is 0.762. The zero-order valence-electron chi connectivity index (χ0n) is 12.9. The Bertz CT molecular complexity index is 585. The minimum Gasteiger partial charge on any atom is -0.496 e. The Kier molecular flexibility index (Phi) is 6.42. The van der Waals surface area contributed by atoms with Crippen molar-refractivity contribution < 1.29 is 9.53 Å². The van der Waals surface area contributed by atoms with E-state index in [0.29, 0.717) is 19.4 Å². The fourth-order valence-electron chi connectivity index (χ4n) is 2.31. The number of hydrogen-bond acceptors (Lipinski definition) is 3. The monoisotopic (exact) mass is 298 g/mol. The molecule has 0 bridgehead atoms. The van der Waals surface area contributed by atoms with Crippen molar-refractivity contribution in [2.24, 2.45) is 0 Å². The molecule has 1 amide bonds. The van der Waals surface area contributed by atoms with Gasteiger partial charge in [-0.15, -0.1) is 0 Å². The van der Waals surface area contributed by atoms with Gasteiger partial charge in [-0.05, 0) is 42.5 Å². The van der Waals surface area contributed by atoms with Gasteiger partial charge in [0.1, 0.15) is 5.75 Å². The standard InChI is InChI=1S/C18H22N2O2/c1-22-17-9-3-2-8-16(17)10-11-18(21)20-13-5-7-15-6-4-12-19-14-15/h2-4,6,8-9,12,14H,5,7,10-11,13H2,1H3,(H,20,21). The van der Waals surface area contributed by atoms with E-state index < -0.39 is 0 Å². The highest BCUT2D eigenvalue weighted by Crippen LogP contribution is 2.18. The fraction of sp³-hybridized carbons (Fsp3) is 0.333. The van der Waals surface area contributed by atoms with Crippen molar-refractivity contribution in [1.82, 2.24) is 10.3 Å². The summed E-state index contributed by atoms with van der Waals surface area (Å²) >= 11 is 0. The van der Waals surface area contributed by atoms with Crippen molar-refractivity contribution in [2.45, 2.75) is 25.7 Å². The minimum absolute atomic E-state index is 0.0806. The highest BCUT2D eigenvalue weighted by Gasteiger charge is 2.05. The predicted octanol–water partition coefficient (Wildman–Crippen LogP) is 2.77. The van der Waals surface area contributed by atoms with Gasteiger partial charge >= 0.3 is 0 Å². The summed E-state index contributed by atoms with van der Waals surface area (Å²) in [7, 11) is 1.65. The Morgan fingerprint density at radius 1 is 1.18 bits per heavy atom. The average molecular weight is 298 g/mol. The zero-order valence-corrected chi connectivity index (χ0v) is 12.9. The molecule has 1 N–H and O–H groups in total. The predicted molar refractivity (Wildman–Crippen MR) is 86.9 cm³/mol. The summed E-state index contributed by atoms with van der Waals surface area (Å²) in [4.78, 5) is 15.9. The number of aromatic nitrogens is 1. The molecular formula is C18H22N2O2. The van der Waals surface area contributed by atoms with E-state index in [1.54, 1.807) is 13.3 Å². The van der Waals surface area contributed by atoms with Gasteiger partial charge < -0.3 is 10.1 Å². The number of nitrogens with one attached hydrogen (secondary N) is 1. The number of para-hydroxylation sites is 1. The molecule has 2 aromatic rings. The summed E-state index contributed by atoms with van der Waals surface area (Å²) in [6.45, 7) is 0.694. The van der Waals surface area contributed by atoms with E-state index in [2.05, 4.69) is 16.4 Å². The molecule has 0 aliphatic heterocycles. The van der Waals surface area contributed by atoms with Crippen LogP contribution in [0.3, 0.4) is 0 Å². The molecule has 1 heterocycles. The maximum absolute atomic E-state index is 11.9. The highest BCUT2D eigenvalue weighted by atomic mass is 16.5. The van der Waals surface area contributed by atoms with Crippen molar-refractivity contribution in [1.29, 1.82) is 0 Å². The SMILES string of the molecule is COc1ccccc1CCC(=O)NCCCc1cccnc1. The molecule has 0 fully saturated rings. The number of ether oxygens (including phenoxy) is 1. The normalized spacial score (nSPS) is 10.2. The van der Waals surface area contributed by atoms with Crippen LogP contribution in [-0.4, -0.2) is 24.5 Å². The Labute approximate surface area is 131 Å². The molecule has 22 heavy (non-hydrogen) atoms. The second-order valence-electron chi connectivity index (χ2n) is 5.13. The van der Waals surface area contributed by atoms with Crippen LogP contribution in [0, 0.1) is 0 Å².